The quantitative estimate of drug-likeness (QED) is 0.754. The highest BCUT2D eigenvalue weighted by Crippen LogP contribution is 2.31. The molecular formula is C14H19NO. The van der Waals surface area contributed by atoms with Crippen LogP contribution >= 0.6 is 0 Å². The van der Waals surface area contributed by atoms with Crippen molar-refractivity contribution in [2.45, 2.75) is 38.3 Å². The van der Waals surface area contributed by atoms with Gasteiger partial charge in [0, 0.05) is 12.5 Å². The number of likely N-dealkylation sites (tertiary alicyclic amines) is 1. The van der Waals surface area contributed by atoms with Crippen molar-refractivity contribution in [3.63, 3.8) is 0 Å². The van der Waals surface area contributed by atoms with Gasteiger partial charge in [0.2, 0.25) is 0 Å². The lowest BCUT2D eigenvalue weighted by atomic mass is 10.0. The summed E-state index contributed by atoms with van der Waals surface area (Å²) in [6.07, 6.45) is 4.14. The molecule has 0 radical (unpaired) electrons. The van der Waals surface area contributed by atoms with Crippen molar-refractivity contribution in [2.75, 3.05) is 13.1 Å². The third kappa shape index (κ3) is 1.71. The van der Waals surface area contributed by atoms with E-state index in [0.29, 0.717) is 12.1 Å². The molecule has 1 aromatic rings. The second-order valence-corrected chi connectivity index (χ2v) is 4.95. The van der Waals surface area contributed by atoms with Gasteiger partial charge in [0.1, 0.15) is 11.9 Å². The Balaban J connectivity index is 1.70. The Morgan fingerprint density at radius 3 is 2.75 bits per heavy atom. The van der Waals surface area contributed by atoms with Gasteiger partial charge in [-0.2, -0.15) is 0 Å². The molecule has 1 aromatic carbocycles. The smallest absolute Gasteiger partial charge is 0.123 e. The molecule has 0 amide bonds. The number of hydrogen-bond donors (Lipinski definition) is 0. The summed E-state index contributed by atoms with van der Waals surface area (Å²) in [6.45, 7) is 4.80. The zero-order valence-electron chi connectivity index (χ0n) is 9.86. The van der Waals surface area contributed by atoms with Crippen LogP contribution in [0.15, 0.2) is 24.3 Å². The second kappa shape index (κ2) is 4.10. The first-order chi connectivity index (χ1) is 7.84. The largest absolute Gasteiger partial charge is 0.488 e. The molecule has 0 aromatic heterocycles. The van der Waals surface area contributed by atoms with E-state index < -0.39 is 0 Å². The monoisotopic (exact) mass is 217 g/mol. The van der Waals surface area contributed by atoms with Crippen LogP contribution in [-0.4, -0.2) is 30.1 Å². The number of benzene rings is 1. The SMILES string of the molecule is CC(C1Cc2ccccc2O1)N1CCCC1. The average molecular weight is 217 g/mol. The molecule has 1 saturated heterocycles. The Kier molecular flexibility index (Phi) is 2.60. The number of ether oxygens (including phenoxy) is 1. The third-order valence-electron chi connectivity index (χ3n) is 3.93. The first-order valence-corrected chi connectivity index (χ1v) is 6.33. The molecule has 0 aliphatic carbocycles. The van der Waals surface area contributed by atoms with Crippen molar-refractivity contribution in [1.29, 1.82) is 0 Å². The standard InChI is InChI=1S/C14H19NO/c1-11(15-8-4-5-9-15)14-10-12-6-2-3-7-13(12)16-14/h2-3,6-7,11,14H,4-5,8-10H2,1H3. The van der Waals surface area contributed by atoms with E-state index >= 15 is 0 Å². The van der Waals surface area contributed by atoms with Crippen LogP contribution in [0, 0.1) is 0 Å². The predicted octanol–water partition coefficient (Wildman–Crippen LogP) is 2.47. The van der Waals surface area contributed by atoms with Crippen LogP contribution in [0.5, 0.6) is 5.75 Å². The summed E-state index contributed by atoms with van der Waals surface area (Å²) in [7, 11) is 0. The van der Waals surface area contributed by atoms with Crippen LogP contribution in [0.25, 0.3) is 0 Å². The van der Waals surface area contributed by atoms with Crippen molar-refractivity contribution < 1.29 is 4.74 Å². The minimum atomic E-state index is 0.357. The first kappa shape index (κ1) is 10.2. The van der Waals surface area contributed by atoms with Gasteiger partial charge in [-0.05, 0) is 44.5 Å². The van der Waals surface area contributed by atoms with Crippen LogP contribution in [0.3, 0.4) is 0 Å². The summed E-state index contributed by atoms with van der Waals surface area (Å²) in [4.78, 5) is 2.57. The van der Waals surface area contributed by atoms with Gasteiger partial charge in [-0.15, -0.1) is 0 Å². The maximum atomic E-state index is 6.04. The van der Waals surface area contributed by atoms with Gasteiger partial charge in [0.15, 0.2) is 0 Å². The molecule has 2 heterocycles. The van der Waals surface area contributed by atoms with Gasteiger partial charge < -0.3 is 4.74 Å². The first-order valence-electron chi connectivity index (χ1n) is 6.33. The van der Waals surface area contributed by atoms with Gasteiger partial charge in [0.05, 0.1) is 0 Å². The van der Waals surface area contributed by atoms with E-state index in [1.807, 2.05) is 0 Å². The van der Waals surface area contributed by atoms with Crippen molar-refractivity contribution in [3.8, 4) is 5.75 Å². The number of nitrogens with zero attached hydrogens (tertiary/aromatic N) is 1. The summed E-state index contributed by atoms with van der Waals surface area (Å²) in [6, 6.07) is 8.99. The highest BCUT2D eigenvalue weighted by Gasteiger charge is 2.31. The fraction of sp³-hybridized carbons (Fsp3) is 0.571. The summed E-state index contributed by atoms with van der Waals surface area (Å²) < 4.78 is 6.04. The zero-order valence-corrected chi connectivity index (χ0v) is 9.86. The predicted molar refractivity (Wildman–Crippen MR) is 64.8 cm³/mol. The molecule has 3 rings (SSSR count). The molecule has 2 aliphatic heterocycles. The Labute approximate surface area is 97.2 Å². The van der Waals surface area contributed by atoms with Crippen LogP contribution in [0.4, 0.5) is 0 Å². The van der Waals surface area contributed by atoms with E-state index in [1.54, 1.807) is 0 Å². The summed E-state index contributed by atoms with van der Waals surface area (Å²) in [5.41, 5.74) is 1.37. The highest BCUT2D eigenvalue weighted by atomic mass is 16.5. The fourth-order valence-electron chi connectivity index (χ4n) is 2.86. The van der Waals surface area contributed by atoms with Crippen LogP contribution in [-0.2, 0) is 6.42 Å². The molecule has 2 aliphatic rings. The minimum absolute atomic E-state index is 0.357. The minimum Gasteiger partial charge on any atom is -0.488 e. The summed E-state index contributed by atoms with van der Waals surface area (Å²) in [5, 5.41) is 0. The van der Waals surface area contributed by atoms with Crippen molar-refractivity contribution >= 4 is 0 Å². The van der Waals surface area contributed by atoms with Gasteiger partial charge >= 0.3 is 0 Å². The third-order valence-corrected chi connectivity index (χ3v) is 3.93. The molecule has 0 bridgehead atoms. The molecule has 0 N–H and O–H groups in total. The zero-order chi connectivity index (χ0) is 11.0. The Bertz CT molecular complexity index is 346. The fourth-order valence-corrected chi connectivity index (χ4v) is 2.86. The maximum Gasteiger partial charge on any atom is 0.123 e. The molecule has 2 atom stereocenters. The van der Waals surface area contributed by atoms with Crippen molar-refractivity contribution in [1.82, 2.24) is 4.90 Å². The molecule has 0 saturated carbocycles. The molecule has 1 fully saturated rings. The average Bonchev–Trinajstić information content (AvgIpc) is 2.97. The maximum absolute atomic E-state index is 6.04. The molecule has 2 unspecified atom stereocenters. The molecule has 0 spiro atoms. The van der Waals surface area contributed by atoms with E-state index in [-0.39, 0.29) is 0 Å². The number of fused-ring (bicyclic) bond motifs is 1. The van der Waals surface area contributed by atoms with E-state index in [1.165, 1.54) is 31.5 Å². The van der Waals surface area contributed by atoms with Gasteiger partial charge in [-0.25, -0.2) is 0 Å². The normalized spacial score (nSPS) is 26.4. The van der Waals surface area contributed by atoms with Gasteiger partial charge in [-0.1, -0.05) is 18.2 Å². The van der Waals surface area contributed by atoms with Crippen LogP contribution < -0.4 is 4.74 Å². The molecule has 2 nitrogen and oxygen atoms in total. The Morgan fingerprint density at radius 2 is 2.00 bits per heavy atom. The van der Waals surface area contributed by atoms with E-state index in [9.17, 15) is 0 Å². The lowest BCUT2D eigenvalue weighted by molar-refractivity contribution is 0.108. The number of rotatable bonds is 2. The number of hydrogen-bond acceptors (Lipinski definition) is 2. The van der Waals surface area contributed by atoms with Gasteiger partial charge in [-0.3, -0.25) is 4.90 Å². The molecule has 16 heavy (non-hydrogen) atoms. The highest BCUT2D eigenvalue weighted by molar-refractivity contribution is 5.37. The summed E-state index contributed by atoms with van der Waals surface area (Å²) >= 11 is 0. The molecule has 2 heteroatoms. The second-order valence-electron chi connectivity index (χ2n) is 4.95. The topological polar surface area (TPSA) is 12.5 Å². The van der Waals surface area contributed by atoms with E-state index in [0.717, 1.165) is 12.2 Å². The Morgan fingerprint density at radius 1 is 1.25 bits per heavy atom. The van der Waals surface area contributed by atoms with E-state index in [2.05, 4.69) is 36.1 Å². The molecular weight excluding hydrogens is 198 g/mol. The lowest BCUT2D eigenvalue weighted by Crippen LogP contribution is -2.42. The van der Waals surface area contributed by atoms with Crippen LogP contribution in [0.2, 0.25) is 0 Å². The molecule has 86 valence electrons. The van der Waals surface area contributed by atoms with Crippen molar-refractivity contribution in [2.24, 2.45) is 0 Å². The van der Waals surface area contributed by atoms with Crippen molar-refractivity contribution in [3.05, 3.63) is 29.8 Å². The van der Waals surface area contributed by atoms with Gasteiger partial charge in [0.25, 0.3) is 0 Å². The number of para-hydroxylation sites is 1. The lowest BCUT2D eigenvalue weighted by Gasteiger charge is -2.28. The van der Waals surface area contributed by atoms with E-state index in [4.69, 9.17) is 4.74 Å². The Hall–Kier alpha value is -1.02. The van der Waals surface area contributed by atoms with Crippen LogP contribution in [0.1, 0.15) is 25.3 Å². The summed E-state index contributed by atoms with van der Waals surface area (Å²) in [5.74, 6) is 1.10.